The molecule has 156 valence electrons. The number of hydrogen-bond donors (Lipinski definition) is 1. The van der Waals surface area contributed by atoms with Crippen LogP contribution in [-0.4, -0.2) is 21.8 Å². The maximum Gasteiger partial charge on any atom is 0.269 e. The van der Waals surface area contributed by atoms with Crippen LogP contribution in [0, 0.1) is 32.1 Å². The SMILES string of the molecule is C=CCNC(=O)C(C#N)=Cc1c(Oc2ccc(C)cc2C)nc2c(C)cccn2c1=O. The molecule has 1 amide bonds. The monoisotopic (exact) mass is 414 g/mol. The van der Waals surface area contributed by atoms with Gasteiger partial charge in [0.25, 0.3) is 11.5 Å². The van der Waals surface area contributed by atoms with Gasteiger partial charge >= 0.3 is 0 Å². The number of nitrogens with zero attached hydrogens (tertiary/aromatic N) is 3. The van der Waals surface area contributed by atoms with E-state index in [1.165, 1.54) is 16.6 Å². The van der Waals surface area contributed by atoms with Gasteiger partial charge in [-0.15, -0.1) is 6.58 Å². The molecule has 3 rings (SSSR count). The molecule has 1 aromatic carbocycles. The van der Waals surface area contributed by atoms with Crippen LogP contribution >= 0.6 is 0 Å². The molecule has 2 heterocycles. The highest BCUT2D eigenvalue weighted by Gasteiger charge is 2.18. The lowest BCUT2D eigenvalue weighted by Crippen LogP contribution is -2.25. The standard InChI is InChI=1S/C24H22N4O3/c1-5-10-26-22(29)18(14-25)13-19-23(31-20-9-8-15(2)12-17(20)4)27-21-16(3)7-6-11-28(21)24(19)30/h5-9,11-13H,1,10H2,2-4H3,(H,26,29). The first-order valence-corrected chi connectivity index (χ1v) is 9.63. The summed E-state index contributed by atoms with van der Waals surface area (Å²) in [5.41, 5.74) is 2.47. The van der Waals surface area contributed by atoms with Gasteiger partial charge in [-0.05, 0) is 50.1 Å². The second-order valence-electron chi connectivity index (χ2n) is 7.06. The first-order valence-electron chi connectivity index (χ1n) is 9.63. The van der Waals surface area contributed by atoms with Crippen LogP contribution < -0.4 is 15.6 Å². The van der Waals surface area contributed by atoms with Gasteiger partial charge in [0, 0.05) is 12.7 Å². The molecule has 31 heavy (non-hydrogen) atoms. The highest BCUT2D eigenvalue weighted by atomic mass is 16.5. The number of nitriles is 1. The average molecular weight is 414 g/mol. The summed E-state index contributed by atoms with van der Waals surface area (Å²) in [6, 6.07) is 11.0. The summed E-state index contributed by atoms with van der Waals surface area (Å²) in [6.45, 7) is 9.42. The summed E-state index contributed by atoms with van der Waals surface area (Å²) >= 11 is 0. The molecule has 7 heteroatoms. The maximum atomic E-state index is 13.3. The van der Waals surface area contributed by atoms with Crippen LogP contribution in [0.5, 0.6) is 11.6 Å². The van der Waals surface area contributed by atoms with Gasteiger partial charge in [0.1, 0.15) is 28.6 Å². The fourth-order valence-electron chi connectivity index (χ4n) is 3.06. The Morgan fingerprint density at radius 3 is 2.74 bits per heavy atom. The van der Waals surface area contributed by atoms with Crippen LogP contribution in [0.15, 0.2) is 59.6 Å². The molecule has 2 aromatic heterocycles. The summed E-state index contributed by atoms with van der Waals surface area (Å²) in [5, 5.41) is 12.0. The number of pyridine rings is 1. The van der Waals surface area contributed by atoms with Crippen LogP contribution in [0.1, 0.15) is 22.3 Å². The van der Waals surface area contributed by atoms with Crippen molar-refractivity contribution in [1.29, 1.82) is 5.26 Å². The Morgan fingerprint density at radius 2 is 2.06 bits per heavy atom. The smallest absolute Gasteiger partial charge is 0.269 e. The fraction of sp³-hybridized carbons (Fsp3) is 0.167. The average Bonchev–Trinajstić information content (AvgIpc) is 2.74. The Balaban J connectivity index is 2.24. The number of carbonyl (C=O) groups excluding carboxylic acids is 1. The summed E-state index contributed by atoms with van der Waals surface area (Å²) in [6.07, 6.45) is 4.29. The number of ether oxygens (including phenoxy) is 1. The van der Waals surface area contributed by atoms with E-state index >= 15 is 0 Å². The minimum Gasteiger partial charge on any atom is -0.438 e. The van der Waals surface area contributed by atoms with Crippen LogP contribution in [0.25, 0.3) is 11.7 Å². The summed E-state index contributed by atoms with van der Waals surface area (Å²) < 4.78 is 7.39. The van der Waals surface area contributed by atoms with Crippen molar-refractivity contribution in [2.24, 2.45) is 0 Å². The van der Waals surface area contributed by atoms with E-state index in [-0.39, 0.29) is 23.6 Å². The third kappa shape index (κ3) is 4.54. The summed E-state index contributed by atoms with van der Waals surface area (Å²) in [7, 11) is 0. The first kappa shape index (κ1) is 21.5. The molecule has 0 unspecified atom stereocenters. The van der Waals surface area contributed by atoms with E-state index in [0.29, 0.717) is 11.4 Å². The molecule has 3 aromatic rings. The lowest BCUT2D eigenvalue weighted by atomic mass is 10.1. The number of amides is 1. The topological polar surface area (TPSA) is 96.5 Å². The van der Waals surface area contributed by atoms with E-state index < -0.39 is 11.5 Å². The van der Waals surface area contributed by atoms with Gasteiger partial charge in [0.15, 0.2) is 0 Å². The van der Waals surface area contributed by atoms with Gasteiger partial charge in [-0.25, -0.2) is 0 Å². The molecular formula is C24H22N4O3. The van der Waals surface area contributed by atoms with Crippen molar-refractivity contribution in [3.05, 3.63) is 87.4 Å². The molecule has 0 radical (unpaired) electrons. The van der Waals surface area contributed by atoms with Crippen LogP contribution in [0.4, 0.5) is 0 Å². The van der Waals surface area contributed by atoms with Gasteiger partial charge in [0.2, 0.25) is 5.88 Å². The number of aryl methyl sites for hydroxylation is 3. The maximum absolute atomic E-state index is 13.3. The van der Waals surface area contributed by atoms with E-state index in [0.717, 1.165) is 16.7 Å². The van der Waals surface area contributed by atoms with Crippen LogP contribution in [0.2, 0.25) is 0 Å². The largest absolute Gasteiger partial charge is 0.438 e. The highest BCUT2D eigenvalue weighted by molar-refractivity contribution is 6.02. The number of rotatable bonds is 6. The molecule has 7 nitrogen and oxygen atoms in total. The van der Waals surface area contributed by atoms with Crippen molar-refractivity contribution < 1.29 is 9.53 Å². The summed E-state index contributed by atoms with van der Waals surface area (Å²) in [5.74, 6) is -0.0659. The van der Waals surface area contributed by atoms with Gasteiger partial charge in [-0.2, -0.15) is 10.2 Å². The molecule has 0 aliphatic rings. The van der Waals surface area contributed by atoms with Crippen LogP contribution in [0.3, 0.4) is 0 Å². The minimum absolute atomic E-state index is 0.00776. The first-order chi connectivity index (χ1) is 14.8. The molecule has 0 aliphatic carbocycles. The molecular weight excluding hydrogens is 392 g/mol. The molecule has 0 spiro atoms. The van der Waals surface area contributed by atoms with Gasteiger partial charge in [-0.3, -0.25) is 14.0 Å². The highest BCUT2D eigenvalue weighted by Crippen LogP contribution is 2.27. The third-order valence-electron chi connectivity index (χ3n) is 4.65. The second kappa shape index (κ2) is 9.09. The molecule has 1 N–H and O–H groups in total. The Bertz CT molecular complexity index is 1310. The zero-order valence-electron chi connectivity index (χ0n) is 17.6. The van der Waals surface area contributed by atoms with Gasteiger partial charge in [-0.1, -0.05) is 29.8 Å². The number of benzene rings is 1. The number of nitrogens with one attached hydrogen (secondary N) is 1. The van der Waals surface area contributed by atoms with Gasteiger partial charge < -0.3 is 10.1 Å². The fourth-order valence-corrected chi connectivity index (χ4v) is 3.06. The molecule has 0 fully saturated rings. The molecule has 0 saturated carbocycles. The van der Waals surface area contributed by atoms with E-state index in [4.69, 9.17) is 4.74 Å². The lowest BCUT2D eigenvalue weighted by Gasteiger charge is -2.13. The van der Waals surface area contributed by atoms with Crippen molar-refractivity contribution in [3.8, 4) is 17.7 Å². The van der Waals surface area contributed by atoms with Crippen molar-refractivity contribution in [2.75, 3.05) is 6.54 Å². The Hall–Kier alpha value is -4.18. The normalized spacial score (nSPS) is 11.1. The number of carbonyl (C=O) groups is 1. The molecule has 0 aliphatic heterocycles. The van der Waals surface area contributed by atoms with Gasteiger partial charge in [0.05, 0.1) is 0 Å². The quantitative estimate of drug-likeness (QED) is 0.377. The van der Waals surface area contributed by atoms with Crippen molar-refractivity contribution in [3.63, 3.8) is 0 Å². The van der Waals surface area contributed by atoms with E-state index in [1.807, 2.05) is 45.0 Å². The Morgan fingerprint density at radius 1 is 1.29 bits per heavy atom. The van der Waals surface area contributed by atoms with E-state index in [9.17, 15) is 14.9 Å². The lowest BCUT2D eigenvalue weighted by molar-refractivity contribution is -0.116. The molecule has 0 atom stereocenters. The van der Waals surface area contributed by atoms with Crippen molar-refractivity contribution >= 4 is 17.6 Å². The minimum atomic E-state index is -0.617. The summed E-state index contributed by atoms with van der Waals surface area (Å²) in [4.78, 5) is 30.1. The zero-order valence-corrected chi connectivity index (χ0v) is 17.6. The molecule has 0 bridgehead atoms. The van der Waals surface area contributed by atoms with E-state index in [1.54, 1.807) is 18.3 Å². The third-order valence-corrected chi connectivity index (χ3v) is 4.65. The van der Waals surface area contributed by atoms with E-state index in [2.05, 4.69) is 16.9 Å². The molecule has 0 saturated heterocycles. The Labute approximate surface area is 179 Å². The number of aromatic nitrogens is 2. The predicted molar refractivity (Wildman–Crippen MR) is 119 cm³/mol. The van der Waals surface area contributed by atoms with Crippen LogP contribution in [-0.2, 0) is 4.79 Å². The number of fused-ring (bicyclic) bond motifs is 1. The second-order valence-corrected chi connectivity index (χ2v) is 7.06. The van der Waals surface area contributed by atoms with Crippen molar-refractivity contribution in [2.45, 2.75) is 20.8 Å². The predicted octanol–water partition coefficient (Wildman–Crippen LogP) is 3.62. The Kier molecular flexibility index (Phi) is 6.32. The van der Waals surface area contributed by atoms with Crippen molar-refractivity contribution in [1.82, 2.24) is 14.7 Å². The number of hydrogen-bond acceptors (Lipinski definition) is 5. The zero-order chi connectivity index (χ0) is 22.5.